The number of fused-ring (bicyclic) bond motifs is 1. The Hall–Kier alpha value is -1.59. The Morgan fingerprint density at radius 1 is 1.27 bits per heavy atom. The van der Waals surface area contributed by atoms with Crippen molar-refractivity contribution in [3.63, 3.8) is 0 Å². The summed E-state index contributed by atoms with van der Waals surface area (Å²) >= 11 is 0. The molecule has 0 amide bonds. The lowest BCUT2D eigenvalue weighted by Crippen LogP contribution is -2.69. The van der Waals surface area contributed by atoms with Crippen LogP contribution in [0.15, 0.2) is 12.1 Å². The maximum atomic E-state index is 12.2. The number of piperidine rings is 1. The van der Waals surface area contributed by atoms with Crippen LogP contribution in [0.1, 0.15) is 43.7 Å². The molecular weight excluding hydrogens is 282 g/mol. The Bertz CT molecular complexity index is 629. The standard InChI is InChI=1S/C17H23NO4/c1-10-3-4-13(20)15(21)14(10)16-7-8-18-11(2)17(16,22)6-5-12(19)9-16/h3-4,11,18,20-22H,5-9H2,1-2H3/t11?,16-,17?/m1/s1. The molecule has 0 radical (unpaired) electrons. The van der Waals surface area contributed by atoms with Gasteiger partial charge in [0.15, 0.2) is 11.5 Å². The molecule has 1 aliphatic heterocycles. The summed E-state index contributed by atoms with van der Waals surface area (Å²) in [6.45, 7) is 4.42. The molecule has 1 heterocycles. The smallest absolute Gasteiger partial charge is 0.161 e. The molecule has 5 nitrogen and oxygen atoms in total. The number of Topliss-reactive ketones (excluding diaryl/α,β-unsaturated/α-hetero) is 1. The van der Waals surface area contributed by atoms with Crippen molar-refractivity contribution in [2.75, 3.05) is 6.54 Å². The number of aliphatic hydroxyl groups is 1. The second-order valence-electron chi connectivity index (χ2n) is 6.77. The number of aryl methyl sites for hydroxylation is 1. The van der Waals surface area contributed by atoms with Crippen molar-refractivity contribution >= 4 is 5.78 Å². The number of nitrogens with one attached hydrogen (secondary N) is 1. The second-order valence-corrected chi connectivity index (χ2v) is 6.77. The highest BCUT2D eigenvalue weighted by molar-refractivity contribution is 5.82. The van der Waals surface area contributed by atoms with Crippen molar-refractivity contribution in [3.8, 4) is 11.5 Å². The van der Waals surface area contributed by atoms with E-state index in [1.165, 1.54) is 6.07 Å². The normalized spacial score (nSPS) is 35.2. The summed E-state index contributed by atoms with van der Waals surface area (Å²) in [5.74, 6) is -0.315. The van der Waals surface area contributed by atoms with Crippen molar-refractivity contribution in [2.24, 2.45) is 0 Å². The minimum atomic E-state index is -1.12. The van der Waals surface area contributed by atoms with E-state index in [2.05, 4.69) is 5.32 Å². The number of carbonyl (C=O) groups excluding carboxylic acids is 1. The number of carbonyl (C=O) groups is 1. The SMILES string of the molecule is Cc1ccc(O)c(O)c1[C@]12CCNC(C)C1(O)CCC(=O)C2. The molecule has 0 bridgehead atoms. The average molecular weight is 305 g/mol. The van der Waals surface area contributed by atoms with Gasteiger partial charge in [0, 0.05) is 29.9 Å². The monoisotopic (exact) mass is 305 g/mol. The number of aromatic hydroxyl groups is 2. The van der Waals surface area contributed by atoms with Gasteiger partial charge in [-0.25, -0.2) is 0 Å². The zero-order valence-corrected chi connectivity index (χ0v) is 13.0. The van der Waals surface area contributed by atoms with Gasteiger partial charge in [0.2, 0.25) is 0 Å². The summed E-state index contributed by atoms with van der Waals surface area (Å²) in [7, 11) is 0. The van der Waals surface area contributed by atoms with Gasteiger partial charge in [-0.2, -0.15) is 0 Å². The van der Waals surface area contributed by atoms with Gasteiger partial charge in [-0.3, -0.25) is 4.79 Å². The quantitative estimate of drug-likeness (QED) is 0.591. The van der Waals surface area contributed by atoms with Crippen LogP contribution in [0, 0.1) is 6.92 Å². The first kappa shape index (κ1) is 15.3. The fraction of sp³-hybridized carbons (Fsp3) is 0.588. The molecule has 3 atom stereocenters. The summed E-state index contributed by atoms with van der Waals surface area (Å²) in [6, 6.07) is 2.99. The van der Waals surface area contributed by atoms with Crippen LogP contribution in [0.3, 0.4) is 0 Å². The number of rotatable bonds is 1. The molecule has 120 valence electrons. The molecule has 2 unspecified atom stereocenters. The highest BCUT2D eigenvalue weighted by Crippen LogP contribution is 2.55. The van der Waals surface area contributed by atoms with Crippen molar-refractivity contribution < 1.29 is 20.1 Å². The molecule has 2 aliphatic rings. The van der Waals surface area contributed by atoms with Crippen LogP contribution in [0.5, 0.6) is 11.5 Å². The molecule has 1 aliphatic carbocycles. The molecule has 1 aromatic carbocycles. The van der Waals surface area contributed by atoms with Crippen LogP contribution in [-0.4, -0.2) is 39.3 Å². The van der Waals surface area contributed by atoms with Crippen LogP contribution in [0.2, 0.25) is 0 Å². The van der Waals surface area contributed by atoms with Crippen LogP contribution in [0.4, 0.5) is 0 Å². The molecule has 4 N–H and O–H groups in total. The Kier molecular flexibility index (Phi) is 3.45. The third kappa shape index (κ3) is 1.88. The molecule has 1 saturated carbocycles. The van der Waals surface area contributed by atoms with Crippen molar-refractivity contribution in [2.45, 2.75) is 56.6 Å². The van der Waals surface area contributed by atoms with Crippen LogP contribution in [0.25, 0.3) is 0 Å². The van der Waals surface area contributed by atoms with Gasteiger partial charge in [-0.05, 0) is 44.9 Å². The van der Waals surface area contributed by atoms with E-state index in [4.69, 9.17) is 0 Å². The first-order valence-electron chi connectivity index (χ1n) is 7.81. The van der Waals surface area contributed by atoms with Gasteiger partial charge in [0.25, 0.3) is 0 Å². The van der Waals surface area contributed by atoms with Crippen molar-refractivity contribution in [3.05, 3.63) is 23.3 Å². The van der Waals surface area contributed by atoms with E-state index in [0.29, 0.717) is 31.4 Å². The number of hydrogen-bond acceptors (Lipinski definition) is 5. The van der Waals surface area contributed by atoms with Gasteiger partial charge in [-0.15, -0.1) is 0 Å². The summed E-state index contributed by atoms with van der Waals surface area (Å²) in [5, 5.41) is 35.1. The lowest BCUT2D eigenvalue weighted by molar-refractivity contribution is -0.145. The average Bonchev–Trinajstić information content (AvgIpc) is 2.46. The van der Waals surface area contributed by atoms with E-state index in [1.807, 2.05) is 13.8 Å². The minimum Gasteiger partial charge on any atom is -0.504 e. The summed E-state index contributed by atoms with van der Waals surface area (Å²) < 4.78 is 0. The van der Waals surface area contributed by atoms with Crippen LogP contribution in [-0.2, 0) is 10.2 Å². The Labute approximate surface area is 130 Å². The Morgan fingerprint density at radius 2 is 2.00 bits per heavy atom. The van der Waals surface area contributed by atoms with Crippen LogP contribution >= 0.6 is 0 Å². The Morgan fingerprint density at radius 3 is 2.73 bits per heavy atom. The maximum Gasteiger partial charge on any atom is 0.161 e. The fourth-order valence-electron chi connectivity index (χ4n) is 4.47. The van der Waals surface area contributed by atoms with Crippen molar-refractivity contribution in [1.82, 2.24) is 5.32 Å². The molecule has 1 saturated heterocycles. The highest BCUT2D eigenvalue weighted by atomic mass is 16.3. The largest absolute Gasteiger partial charge is 0.504 e. The predicted octanol–water partition coefficient (Wildman–Crippen LogP) is 1.51. The van der Waals surface area contributed by atoms with E-state index in [9.17, 15) is 20.1 Å². The summed E-state index contributed by atoms with van der Waals surface area (Å²) in [6.07, 6.45) is 1.47. The second kappa shape index (κ2) is 4.96. The zero-order valence-electron chi connectivity index (χ0n) is 13.0. The summed E-state index contributed by atoms with van der Waals surface area (Å²) in [5.41, 5.74) is -0.649. The molecule has 0 spiro atoms. The molecular formula is C17H23NO4. The Balaban J connectivity index is 2.27. The molecule has 22 heavy (non-hydrogen) atoms. The minimum absolute atomic E-state index is 0.0981. The van der Waals surface area contributed by atoms with E-state index in [-0.39, 0.29) is 29.7 Å². The highest BCUT2D eigenvalue weighted by Gasteiger charge is 2.60. The van der Waals surface area contributed by atoms with E-state index < -0.39 is 11.0 Å². The number of hydrogen-bond donors (Lipinski definition) is 4. The van der Waals surface area contributed by atoms with Gasteiger partial charge >= 0.3 is 0 Å². The number of phenols is 2. The first-order valence-corrected chi connectivity index (χ1v) is 7.81. The van der Waals surface area contributed by atoms with Gasteiger partial charge in [0.1, 0.15) is 5.78 Å². The topological polar surface area (TPSA) is 89.8 Å². The van der Waals surface area contributed by atoms with Gasteiger partial charge in [-0.1, -0.05) is 6.07 Å². The number of phenolic OH excluding ortho intramolecular Hbond substituents is 2. The molecule has 0 aromatic heterocycles. The first-order chi connectivity index (χ1) is 10.3. The van der Waals surface area contributed by atoms with E-state index in [1.54, 1.807) is 6.07 Å². The van der Waals surface area contributed by atoms with Crippen molar-refractivity contribution in [1.29, 1.82) is 0 Å². The summed E-state index contributed by atoms with van der Waals surface area (Å²) in [4.78, 5) is 12.2. The maximum absolute atomic E-state index is 12.2. The predicted molar refractivity (Wildman–Crippen MR) is 82.1 cm³/mol. The zero-order chi connectivity index (χ0) is 16.1. The third-order valence-electron chi connectivity index (χ3n) is 5.67. The number of benzene rings is 1. The van der Waals surface area contributed by atoms with E-state index in [0.717, 1.165) is 5.56 Å². The lowest BCUT2D eigenvalue weighted by Gasteiger charge is -2.57. The number of ketones is 1. The molecule has 2 fully saturated rings. The van der Waals surface area contributed by atoms with Crippen LogP contribution < -0.4 is 5.32 Å². The van der Waals surface area contributed by atoms with E-state index >= 15 is 0 Å². The molecule has 5 heteroatoms. The lowest BCUT2D eigenvalue weighted by atomic mass is 9.53. The fourth-order valence-corrected chi connectivity index (χ4v) is 4.47. The van der Waals surface area contributed by atoms with Gasteiger partial charge < -0.3 is 20.6 Å². The third-order valence-corrected chi connectivity index (χ3v) is 5.67. The molecule has 1 aromatic rings. The van der Waals surface area contributed by atoms with Gasteiger partial charge in [0.05, 0.1) is 5.60 Å². The molecule has 3 rings (SSSR count).